The minimum absolute atomic E-state index is 0.499. The molecule has 5 heteroatoms. The lowest BCUT2D eigenvalue weighted by Gasteiger charge is -2.02. The lowest BCUT2D eigenvalue weighted by molar-refractivity contribution is 0.981. The number of thiocarbonyl (C=S) groups is 1. The first-order valence-electron chi connectivity index (χ1n) is 4.40. The molecule has 1 aromatic rings. The molecule has 0 aliphatic heterocycles. The molecule has 0 saturated carbocycles. The van der Waals surface area contributed by atoms with E-state index in [0.29, 0.717) is 5.11 Å². The van der Waals surface area contributed by atoms with Gasteiger partial charge >= 0.3 is 0 Å². The van der Waals surface area contributed by atoms with Gasteiger partial charge < -0.3 is 5.32 Å². The van der Waals surface area contributed by atoms with E-state index in [1.807, 2.05) is 25.1 Å². The van der Waals surface area contributed by atoms with Crippen molar-refractivity contribution in [2.24, 2.45) is 5.10 Å². The summed E-state index contributed by atoms with van der Waals surface area (Å²) in [7, 11) is 1.75. The molecular formula is C10H12BrN3S. The number of hydrazone groups is 1. The highest BCUT2D eigenvalue weighted by Crippen LogP contribution is 2.14. The molecule has 80 valence electrons. The van der Waals surface area contributed by atoms with Crippen molar-refractivity contribution in [1.29, 1.82) is 0 Å². The van der Waals surface area contributed by atoms with E-state index in [0.717, 1.165) is 10.0 Å². The highest BCUT2D eigenvalue weighted by Gasteiger charge is 1.95. The van der Waals surface area contributed by atoms with Crippen LogP contribution in [-0.2, 0) is 0 Å². The van der Waals surface area contributed by atoms with Crippen molar-refractivity contribution in [3.63, 3.8) is 0 Å². The minimum atomic E-state index is 0.499. The normalized spacial score (nSPS) is 10.3. The van der Waals surface area contributed by atoms with E-state index in [2.05, 4.69) is 31.8 Å². The molecule has 0 aliphatic carbocycles. The molecule has 0 spiro atoms. The summed E-state index contributed by atoms with van der Waals surface area (Å²) in [5.74, 6) is 0. The van der Waals surface area contributed by atoms with Gasteiger partial charge in [-0.1, -0.05) is 22.0 Å². The van der Waals surface area contributed by atoms with Crippen LogP contribution < -0.4 is 10.7 Å². The summed E-state index contributed by atoms with van der Waals surface area (Å²) in [6, 6.07) is 6.03. The molecular weight excluding hydrogens is 274 g/mol. The third kappa shape index (κ3) is 3.97. The van der Waals surface area contributed by atoms with E-state index in [4.69, 9.17) is 12.2 Å². The molecule has 0 atom stereocenters. The van der Waals surface area contributed by atoms with Crippen molar-refractivity contribution in [3.05, 3.63) is 33.8 Å². The predicted molar refractivity (Wildman–Crippen MR) is 71.3 cm³/mol. The molecule has 15 heavy (non-hydrogen) atoms. The average Bonchev–Trinajstić information content (AvgIpc) is 2.23. The second-order valence-electron chi connectivity index (χ2n) is 2.95. The highest BCUT2D eigenvalue weighted by molar-refractivity contribution is 9.10. The second-order valence-corrected chi connectivity index (χ2v) is 4.27. The van der Waals surface area contributed by atoms with Crippen molar-refractivity contribution in [3.8, 4) is 0 Å². The van der Waals surface area contributed by atoms with Crippen molar-refractivity contribution < 1.29 is 0 Å². The fraction of sp³-hybridized carbons (Fsp3) is 0.200. The van der Waals surface area contributed by atoms with Crippen molar-refractivity contribution in [1.82, 2.24) is 10.7 Å². The zero-order valence-electron chi connectivity index (χ0n) is 8.54. The molecule has 0 bridgehead atoms. The maximum absolute atomic E-state index is 4.88. The summed E-state index contributed by atoms with van der Waals surface area (Å²) < 4.78 is 1.03. The number of nitrogens with one attached hydrogen (secondary N) is 2. The standard InChI is InChI=1S/C10H12BrN3S/c1-7-3-4-9(11)5-8(7)6-13-14-10(15)12-2/h3-6H,1-2H3,(H2,12,14,15)/b13-6+. The quantitative estimate of drug-likeness (QED) is 0.497. The van der Waals surface area contributed by atoms with E-state index in [1.54, 1.807) is 13.3 Å². The van der Waals surface area contributed by atoms with Gasteiger partial charge in [-0.15, -0.1) is 0 Å². The first-order chi connectivity index (χ1) is 7.13. The van der Waals surface area contributed by atoms with Crippen molar-refractivity contribution >= 4 is 39.5 Å². The molecule has 1 rings (SSSR count). The molecule has 0 fully saturated rings. The minimum Gasteiger partial charge on any atom is -0.364 e. The van der Waals surface area contributed by atoms with Crippen molar-refractivity contribution in [2.75, 3.05) is 7.05 Å². The van der Waals surface area contributed by atoms with Crippen LogP contribution in [0, 0.1) is 6.92 Å². The van der Waals surface area contributed by atoms with Crippen LogP contribution in [0.4, 0.5) is 0 Å². The number of hydrogen-bond donors (Lipinski definition) is 2. The average molecular weight is 286 g/mol. The van der Waals surface area contributed by atoms with Gasteiger partial charge in [-0.3, -0.25) is 5.43 Å². The topological polar surface area (TPSA) is 36.4 Å². The van der Waals surface area contributed by atoms with Gasteiger partial charge in [-0.05, 0) is 42.4 Å². The Morgan fingerprint density at radius 2 is 2.27 bits per heavy atom. The van der Waals surface area contributed by atoms with Crippen LogP contribution >= 0.6 is 28.1 Å². The highest BCUT2D eigenvalue weighted by atomic mass is 79.9. The van der Waals surface area contributed by atoms with Gasteiger partial charge in [0.1, 0.15) is 0 Å². The van der Waals surface area contributed by atoms with Gasteiger partial charge in [0.15, 0.2) is 5.11 Å². The molecule has 2 N–H and O–H groups in total. The van der Waals surface area contributed by atoms with E-state index in [-0.39, 0.29) is 0 Å². The molecule has 3 nitrogen and oxygen atoms in total. The molecule has 0 radical (unpaired) electrons. The Bertz CT molecular complexity index is 390. The lowest BCUT2D eigenvalue weighted by Crippen LogP contribution is -2.28. The van der Waals surface area contributed by atoms with Gasteiger partial charge in [-0.25, -0.2) is 0 Å². The Labute approximate surface area is 103 Å². The molecule has 1 aromatic carbocycles. The first-order valence-corrected chi connectivity index (χ1v) is 5.60. The fourth-order valence-corrected chi connectivity index (χ4v) is 1.40. The zero-order valence-corrected chi connectivity index (χ0v) is 10.9. The predicted octanol–water partition coefficient (Wildman–Crippen LogP) is 2.19. The van der Waals surface area contributed by atoms with Gasteiger partial charge in [0.05, 0.1) is 6.21 Å². The van der Waals surface area contributed by atoms with E-state index in [1.165, 1.54) is 5.56 Å². The van der Waals surface area contributed by atoms with Crippen LogP contribution in [0.2, 0.25) is 0 Å². The Kier molecular flexibility index (Phi) is 4.71. The largest absolute Gasteiger partial charge is 0.364 e. The fourth-order valence-electron chi connectivity index (χ4n) is 0.967. The SMILES string of the molecule is CNC(=S)N/N=C/c1cc(Br)ccc1C. The molecule has 0 aliphatic rings. The summed E-state index contributed by atoms with van der Waals surface area (Å²) in [6.07, 6.45) is 1.74. The van der Waals surface area contributed by atoms with Crippen LogP contribution in [0.25, 0.3) is 0 Å². The number of nitrogens with zero attached hydrogens (tertiary/aromatic N) is 1. The number of halogens is 1. The van der Waals surface area contributed by atoms with Gasteiger partial charge in [0.25, 0.3) is 0 Å². The first kappa shape index (κ1) is 12.1. The molecule has 0 unspecified atom stereocenters. The Morgan fingerprint density at radius 1 is 1.53 bits per heavy atom. The van der Waals surface area contributed by atoms with Crippen LogP contribution in [0.3, 0.4) is 0 Å². The Hall–Kier alpha value is -0.940. The summed E-state index contributed by atoms with van der Waals surface area (Å²) in [6.45, 7) is 2.03. The monoisotopic (exact) mass is 285 g/mol. The number of hydrogen-bond acceptors (Lipinski definition) is 2. The second kappa shape index (κ2) is 5.82. The van der Waals surface area contributed by atoms with E-state index < -0.39 is 0 Å². The van der Waals surface area contributed by atoms with Gasteiger partial charge in [0, 0.05) is 11.5 Å². The third-order valence-corrected chi connectivity index (χ3v) is 2.63. The molecule has 0 heterocycles. The maximum atomic E-state index is 4.88. The number of rotatable bonds is 2. The zero-order chi connectivity index (χ0) is 11.3. The Morgan fingerprint density at radius 3 is 2.93 bits per heavy atom. The van der Waals surface area contributed by atoms with Gasteiger partial charge in [0.2, 0.25) is 0 Å². The number of aryl methyl sites for hydroxylation is 1. The lowest BCUT2D eigenvalue weighted by atomic mass is 10.1. The number of benzene rings is 1. The molecule has 0 amide bonds. The summed E-state index contributed by atoms with van der Waals surface area (Å²) in [5, 5.41) is 7.29. The van der Waals surface area contributed by atoms with Gasteiger partial charge in [-0.2, -0.15) is 5.10 Å². The molecule has 0 aromatic heterocycles. The van der Waals surface area contributed by atoms with Crippen LogP contribution in [0.15, 0.2) is 27.8 Å². The molecule has 0 saturated heterocycles. The maximum Gasteiger partial charge on any atom is 0.186 e. The van der Waals surface area contributed by atoms with E-state index in [9.17, 15) is 0 Å². The van der Waals surface area contributed by atoms with Crippen LogP contribution in [0.5, 0.6) is 0 Å². The summed E-state index contributed by atoms with van der Waals surface area (Å²) >= 11 is 8.29. The third-order valence-electron chi connectivity index (χ3n) is 1.84. The van der Waals surface area contributed by atoms with E-state index >= 15 is 0 Å². The smallest absolute Gasteiger partial charge is 0.186 e. The van der Waals surface area contributed by atoms with Crippen molar-refractivity contribution in [2.45, 2.75) is 6.92 Å². The van der Waals surface area contributed by atoms with Crippen LogP contribution in [0.1, 0.15) is 11.1 Å². The van der Waals surface area contributed by atoms with Crippen LogP contribution in [-0.4, -0.2) is 18.4 Å². The summed E-state index contributed by atoms with van der Waals surface area (Å²) in [4.78, 5) is 0. The Balaban J connectivity index is 2.71. The summed E-state index contributed by atoms with van der Waals surface area (Å²) in [5.41, 5.74) is 4.92.